The number of hydrogen-bond acceptors (Lipinski definition) is 4. The summed E-state index contributed by atoms with van der Waals surface area (Å²) in [5.74, 6) is 0.901. The second-order valence-corrected chi connectivity index (χ2v) is 4.93. The molecule has 0 bridgehead atoms. The van der Waals surface area contributed by atoms with Crippen LogP contribution in [0.25, 0.3) is 0 Å². The van der Waals surface area contributed by atoms with Gasteiger partial charge in [0.05, 0.1) is 6.04 Å². The lowest BCUT2D eigenvalue weighted by Crippen LogP contribution is -2.16. The Bertz CT molecular complexity index is 433. The summed E-state index contributed by atoms with van der Waals surface area (Å²) in [4.78, 5) is 8.65. The van der Waals surface area contributed by atoms with Crippen molar-refractivity contribution in [1.82, 2.24) is 14.5 Å². The second-order valence-electron chi connectivity index (χ2n) is 4.00. The summed E-state index contributed by atoms with van der Waals surface area (Å²) >= 11 is 1.67. The van der Waals surface area contributed by atoms with E-state index in [0.717, 1.165) is 11.0 Å². The van der Waals surface area contributed by atoms with Crippen LogP contribution in [0, 0.1) is 0 Å². The van der Waals surface area contributed by atoms with Crippen LogP contribution in [-0.2, 0) is 0 Å². The molecule has 0 aliphatic carbocycles. The molecule has 2 aromatic heterocycles. The summed E-state index contributed by atoms with van der Waals surface area (Å²) in [6, 6.07) is 0.605. The van der Waals surface area contributed by atoms with Crippen molar-refractivity contribution in [3.05, 3.63) is 29.0 Å². The van der Waals surface area contributed by atoms with E-state index in [2.05, 4.69) is 40.6 Å². The summed E-state index contributed by atoms with van der Waals surface area (Å²) in [6.07, 6.45) is 5.63. The highest BCUT2D eigenvalue weighted by Crippen LogP contribution is 2.23. The third-order valence-corrected chi connectivity index (χ3v) is 3.26. The molecule has 0 spiro atoms. The first kappa shape index (κ1) is 11.1. The average molecular weight is 236 g/mol. The van der Waals surface area contributed by atoms with Crippen LogP contribution in [0.1, 0.15) is 31.8 Å². The van der Waals surface area contributed by atoms with E-state index < -0.39 is 0 Å². The first-order valence-corrected chi connectivity index (χ1v) is 6.25. The lowest BCUT2D eigenvalue weighted by atomic mass is 10.3. The van der Waals surface area contributed by atoms with Crippen molar-refractivity contribution in [2.75, 3.05) is 5.32 Å². The molecule has 0 saturated carbocycles. The number of aromatic nitrogens is 3. The highest BCUT2D eigenvalue weighted by atomic mass is 32.1. The molecule has 4 nitrogen and oxygen atoms in total. The van der Waals surface area contributed by atoms with Crippen molar-refractivity contribution < 1.29 is 0 Å². The number of nitrogens with one attached hydrogen (secondary N) is 1. The Morgan fingerprint density at radius 2 is 2.06 bits per heavy atom. The molecule has 86 valence electrons. The van der Waals surface area contributed by atoms with Gasteiger partial charge in [0.15, 0.2) is 0 Å². The first-order chi connectivity index (χ1) is 7.68. The predicted octanol–water partition coefficient (Wildman–Crippen LogP) is 2.77. The van der Waals surface area contributed by atoms with Gasteiger partial charge in [0.1, 0.15) is 5.01 Å². The molecule has 0 fully saturated rings. The van der Waals surface area contributed by atoms with Gasteiger partial charge in [-0.3, -0.25) is 0 Å². The fraction of sp³-hybridized carbons (Fsp3) is 0.455. The maximum atomic E-state index is 4.33. The van der Waals surface area contributed by atoms with E-state index in [9.17, 15) is 0 Å². The van der Waals surface area contributed by atoms with Crippen molar-refractivity contribution in [1.29, 1.82) is 0 Å². The molecule has 0 saturated heterocycles. The molecule has 0 aliphatic heterocycles. The third-order valence-electron chi connectivity index (χ3n) is 2.31. The summed E-state index contributed by atoms with van der Waals surface area (Å²) in [5.41, 5.74) is 0. The topological polar surface area (TPSA) is 42.7 Å². The van der Waals surface area contributed by atoms with Crippen LogP contribution in [0.3, 0.4) is 0 Å². The van der Waals surface area contributed by atoms with Crippen molar-refractivity contribution in [3.63, 3.8) is 0 Å². The molecule has 5 heteroatoms. The number of rotatable bonds is 4. The van der Waals surface area contributed by atoms with Crippen LogP contribution in [0.15, 0.2) is 24.0 Å². The van der Waals surface area contributed by atoms with E-state index in [4.69, 9.17) is 0 Å². The molecule has 16 heavy (non-hydrogen) atoms. The molecule has 1 N–H and O–H groups in total. The highest BCUT2D eigenvalue weighted by molar-refractivity contribution is 7.09. The van der Waals surface area contributed by atoms with Crippen LogP contribution < -0.4 is 5.32 Å². The molecule has 0 aromatic carbocycles. The van der Waals surface area contributed by atoms with Gasteiger partial charge in [-0.05, 0) is 20.8 Å². The number of thiazole rings is 1. The standard InChI is InChI=1S/C11H16N4S/c1-8(2)14-11-13-4-6-15(11)9(3)10-12-5-7-16-10/h4-9H,1-3H3,(H,13,14). The summed E-state index contributed by atoms with van der Waals surface area (Å²) < 4.78 is 2.11. The SMILES string of the molecule is CC(C)Nc1nccn1C(C)c1nccs1. The van der Waals surface area contributed by atoms with E-state index in [0.29, 0.717) is 6.04 Å². The van der Waals surface area contributed by atoms with Crippen molar-refractivity contribution in [2.45, 2.75) is 32.9 Å². The Kier molecular flexibility index (Phi) is 3.24. The third kappa shape index (κ3) is 2.24. The zero-order valence-electron chi connectivity index (χ0n) is 9.71. The Balaban J connectivity index is 2.23. The molecular weight excluding hydrogens is 220 g/mol. The maximum absolute atomic E-state index is 4.33. The van der Waals surface area contributed by atoms with Gasteiger partial charge < -0.3 is 9.88 Å². The van der Waals surface area contributed by atoms with Gasteiger partial charge in [0, 0.05) is 30.0 Å². The summed E-state index contributed by atoms with van der Waals surface area (Å²) in [7, 11) is 0. The molecule has 0 amide bonds. The molecule has 2 heterocycles. The minimum absolute atomic E-state index is 0.226. The van der Waals surface area contributed by atoms with Crippen molar-refractivity contribution >= 4 is 17.3 Å². The van der Waals surface area contributed by atoms with Crippen LogP contribution in [0.4, 0.5) is 5.95 Å². The zero-order chi connectivity index (χ0) is 11.5. The van der Waals surface area contributed by atoms with Gasteiger partial charge in [-0.15, -0.1) is 11.3 Å². The lowest BCUT2D eigenvalue weighted by Gasteiger charge is -2.16. The number of nitrogens with zero attached hydrogens (tertiary/aromatic N) is 3. The van der Waals surface area contributed by atoms with Gasteiger partial charge in [-0.1, -0.05) is 0 Å². The highest BCUT2D eigenvalue weighted by Gasteiger charge is 2.14. The summed E-state index contributed by atoms with van der Waals surface area (Å²) in [5, 5.41) is 6.42. The van der Waals surface area contributed by atoms with E-state index in [1.807, 2.05) is 24.0 Å². The quantitative estimate of drug-likeness (QED) is 0.887. The molecule has 0 radical (unpaired) electrons. The molecule has 0 aliphatic rings. The van der Waals surface area contributed by atoms with Crippen LogP contribution in [0.5, 0.6) is 0 Å². The normalized spacial score (nSPS) is 13.0. The fourth-order valence-electron chi connectivity index (χ4n) is 1.56. The predicted molar refractivity (Wildman–Crippen MR) is 66.9 cm³/mol. The first-order valence-electron chi connectivity index (χ1n) is 5.37. The molecule has 1 atom stereocenters. The van der Waals surface area contributed by atoms with Crippen molar-refractivity contribution in [2.24, 2.45) is 0 Å². The molecule has 1 unspecified atom stereocenters. The average Bonchev–Trinajstić information content (AvgIpc) is 2.84. The molecule has 2 rings (SSSR count). The van der Waals surface area contributed by atoms with Gasteiger partial charge in [0.25, 0.3) is 0 Å². The van der Waals surface area contributed by atoms with Crippen LogP contribution >= 0.6 is 11.3 Å². The Morgan fingerprint density at radius 3 is 2.69 bits per heavy atom. The van der Waals surface area contributed by atoms with Gasteiger partial charge in [-0.2, -0.15) is 0 Å². The zero-order valence-corrected chi connectivity index (χ0v) is 10.5. The smallest absolute Gasteiger partial charge is 0.203 e. The van der Waals surface area contributed by atoms with Gasteiger partial charge >= 0.3 is 0 Å². The van der Waals surface area contributed by atoms with E-state index >= 15 is 0 Å². The number of anilines is 1. The monoisotopic (exact) mass is 236 g/mol. The minimum Gasteiger partial charge on any atom is -0.353 e. The minimum atomic E-state index is 0.226. The van der Waals surface area contributed by atoms with E-state index in [1.165, 1.54) is 0 Å². The van der Waals surface area contributed by atoms with Gasteiger partial charge in [0.2, 0.25) is 5.95 Å². The number of imidazole rings is 1. The second kappa shape index (κ2) is 4.65. The maximum Gasteiger partial charge on any atom is 0.203 e. The Labute approximate surface area is 99.4 Å². The fourth-order valence-corrected chi connectivity index (χ4v) is 2.25. The van der Waals surface area contributed by atoms with E-state index in [-0.39, 0.29) is 6.04 Å². The molecule has 2 aromatic rings. The summed E-state index contributed by atoms with van der Waals surface area (Å²) in [6.45, 7) is 6.34. The van der Waals surface area contributed by atoms with Gasteiger partial charge in [-0.25, -0.2) is 9.97 Å². The Morgan fingerprint density at radius 1 is 1.25 bits per heavy atom. The van der Waals surface area contributed by atoms with Crippen LogP contribution in [0.2, 0.25) is 0 Å². The van der Waals surface area contributed by atoms with Crippen LogP contribution in [-0.4, -0.2) is 20.6 Å². The van der Waals surface area contributed by atoms with Crippen molar-refractivity contribution in [3.8, 4) is 0 Å². The van der Waals surface area contributed by atoms with E-state index in [1.54, 1.807) is 11.3 Å². The largest absolute Gasteiger partial charge is 0.353 e. The lowest BCUT2D eigenvalue weighted by molar-refractivity contribution is 0.634. The number of hydrogen-bond donors (Lipinski definition) is 1. The Hall–Kier alpha value is -1.36. The molecular formula is C11H16N4S.